The van der Waals surface area contributed by atoms with Crippen molar-refractivity contribution in [1.29, 1.82) is 0 Å². The molecule has 2 aromatic rings. The molecule has 4 rings (SSSR count). The number of carbonyl (C=O) groups is 1. The van der Waals surface area contributed by atoms with E-state index >= 15 is 0 Å². The van der Waals surface area contributed by atoms with E-state index in [0.717, 1.165) is 56.0 Å². The number of amides is 1. The fraction of sp³-hybridized carbons (Fsp3) is 0.423. The number of rotatable bonds is 8. The molecule has 0 aliphatic carbocycles. The summed E-state index contributed by atoms with van der Waals surface area (Å²) in [6, 6.07) is 15.2. The third kappa shape index (κ3) is 6.65. The molecule has 2 N–H and O–H groups in total. The highest BCUT2D eigenvalue weighted by atomic mass is 16.7. The van der Waals surface area contributed by atoms with Gasteiger partial charge in [-0.3, -0.25) is 10.2 Å². The molecule has 0 spiro atoms. The van der Waals surface area contributed by atoms with E-state index in [-0.39, 0.29) is 25.4 Å². The average molecular weight is 469 g/mol. The molecular formula is C26H32N2O6. The summed E-state index contributed by atoms with van der Waals surface area (Å²) in [5, 5.41) is 12.1. The van der Waals surface area contributed by atoms with E-state index in [2.05, 4.69) is 16.8 Å². The number of hydrogen-bond acceptors (Lipinski definition) is 7. The van der Waals surface area contributed by atoms with Gasteiger partial charge in [0.25, 0.3) is 0 Å². The normalized spacial score (nSPS) is 23.3. The number of anilines is 1. The molecule has 34 heavy (non-hydrogen) atoms. The molecule has 3 atom stereocenters. The largest absolute Gasteiger partial charge is 0.445 e. The lowest BCUT2D eigenvalue weighted by atomic mass is 9.99. The summed E-state index contributed by atoms with van der Waals surface area (Å²) in [5.74, 6) is 0. The Bertz CT molecular complexity index is 927. The monoisotopic (exact) mass is 468 g/mol. The quantitative estimate of drug-likeness (QED) is 0.570. The van der Waals surface area contributed by atoms with Crippen LogP contribution >= 0.6 is 0 Å². The first-order valence-electron chi connectivity index (χ1n) is 11.6. The molecule has 1 amide bonds. The Morgan fingerprint density at radius 3 is 2.47 bits per heavy atom. The third-order valence-corrected chi connectivity index (χ3v) is 5.94. The minimum Gasteiger partial charge on any atom is -0.445 e. The van der Waals surface area contributed by atoms with Crippen molar-refractivity contribution >= 4 is 11.8 Å². The van der Waals surface area contributed by atoms with Gasteiger partial charge in [0.15, 0.2) is 6.29 Å². The van der Waals surface area contributed by atoms with Gasteiger partial charge >= 0.3 is 6.09 Å². The molecule has 8 heteroatoms. The molecule has 2 fully saturated rings. The van der Waals surface area contributed by atoms with E-state index in [1.807, 2.05) is 36.4 Å². The van der Waals surface area contributed by atoms with Gasteiger partial charge in [0, 0.05) is 37.3 Å². The summed E-state index contributed by atoms with van der Waals surface area (Å²) in [7, 11) is 0. The highest BCUT2D eigenvalue weighted by Gasteiger charge is 2.33. The maximum Gasteiger partial charge on any atom is 0.411 e. The second kappa shape index (κ2) is 12.1. The van der Waals surface area contributed by atoms with Crippen LogP contribution in [0, 0.1) is 0 Å². The SMILES string of the molecule is C=CCOC(=O)Nc1ccc([C@@H]2O[C@H](CN3CCOCC3)C[C@H](c3ccc(CO)cc3)O2)cc1. The van der Waals surface area contributed by atoms with Gasteiger partial charge in [0.2, 0.25) is 0 Å². The highest BCUT2D eigenvalue weighted by molar-refractivity contribution is 5.84. The summed E-state index contributed by atoms with van der Waals surface area (Å²) in [6.07, 6.45) is 1.04. The van der Waals surface area contributed by atoms with Crippen molar-refractivity contribution in [3.63, 3.8) is 0 Å². The van der Waals surface area contributed by atoms with Gasteiger partial charge in [0.1, 0.15) is 6.61 Å². The van der Waals surface area contributed by atoms with Crippen molar-refractivity contribution in [1.82, 2.24) is 4.90 Å². The summed E-state index contributed by atoms with van der Waals surface area (Å²) in [4.78, 5) is 14.1. The molecule has 0 bridgehead atoms. The van der Waals surface area contributed by atoms with Gasteiger partial charge in [0.05, 0.1) is 32.0 Å². The van der Waals surface area contributed by atoms with E-state index in [4.69, 9.17) is 18.9 Å². The molecular weight excluding hydrogens is 436 g/mol. The molecule has 8 nitrogen and oxygen atoms in total. The molecule has 2 aliphatic rings. The van der Waals surface area contributed by atoms with Crippen molar-refractivity contribution in [2.75, 3.05) is 44.8 Å². The van der Waals surface area contributed by atoms with E-state index in [0.29, 0.717) is 5.69 Å². The minimum absolute atomic E-state index is 0.00829. The van der Waals surface area contributed by atoms with E-state index in [1.54, 1.807) is 12.1 Å². The molecule has 2 aromatic carbocycles. The van der Waals surface area contributed by atoms with Crippen molar-refractivity contribution in [2.24, 2.45) is 0 Å². The highest BCUT2D eigenvalue weighted by Crippen LogP contribution is 2.38. The minimum atomic E-state index is -0.538. The Labute approximate surface area is 200 Å². The van der Waals surface area contributed by atoms with Crippen molar-refractivity contribution in [3.05, 3.63) is 77.9 Å². The van der Waals surface area contributed by atoms with E-state index in [1.165, 1.54) is 6.08 Å². The topological polar surface area (TPSA) is 89.5 Å². The molecule has 0 unspecified atom stereocenters. The van der Waals surface area contributed by atoms with Crippen molar-refractivity contribution in [2.45, 2.75) is 31.5 Å². The fourth-order valence-corrected chi connectivity index (χ4v) is 4.12. The third-order valence-electron chi connectivity index (χ3n) is 5.94. The van der Waals surface area contributed by atoms with Crippen LogP contribution in [-0.2, 0) is 25.6 Å². The average Bonchev–Trinajstić information content (AvgIpc) is 2.88. The number of aliphatic hydroxyl groups is 1. The number of aliphatic hydroxyl groups excluding tert-OH is 1. The maximum atomic E-state index is 11.8. The van der Waals surface area contributed by atoms with Gasteiger partial charge in [-0.15, -0.1) is 0 Å². The second-order valence-electron chi connectivity index (χ2n) is 8.40. The summed E-state index contributed by atoms with van der Waals surface area (Å²) in [6.45, 7) is 7.76. The maximum absolute atomic E-state index is 11.8. The molecule has 182 valence electrons. The van der Waals surface area contributed by atoms with E-state index < -0.39 is 12.4 Å². The fourth-order valence-electron chi connectivity index (χ4n) is 4.12. The van der Waals surface area contributed by atoms with Crippen LogP contribution in [0.1, 0.15) is 35.5 Å². The predicted octanol–water partition coefficient (Wildman–Crippen LogP) is 3.79. The van der Waals surface area contributed by atoms with Crippen LogP contribution in [0.3, 0.4) is 0 Å². The molecule has 2 aliphatic heterocycles. The molecule has 2 heterocycles. The van der Waals surface area contributed by atoms with Gasteiger partial charge in [-0.2, -0.15) is 0 Å². The Hall–Kier alpha value is -2.75. The summed E-state index contributed by atoms with van der Waals surface area (Å²) >= 11 is 0. The number of hydrogen-bond donors (Lipinski definition) is 2. The molecule has 0 radical (unpaired) electrons. The lowest BCUT2D eigenvalue weighted by Crippen LogP contribution is -2.44. The van der Waals surface area contributed by atoms with Crippen LogP contribution in [0.5, 0.6) is 0 Å². The zero-order valence-electron chi connectivity index (χ0n) is 19.2. The first kappa shape index (κ1) is 24.4. The van der Waals surface area contributed by atoms with Gasteiger partial charge in [-0.05, 0) is 23.3 Å². The molecule has 0 saturated carbocycles. The first-order chi connectivity index (χ1) is 16.6. The predicted molar refractivity (Wildman–Crippen MR) is 127 cm³/mol. The number of nitrogens with one attached hydrogen (secondary N) is 1. The Balaban J connectivity index is 1.47. The van der Waals surface area contributed by atoms with Crippen molar-refractivity contribution < 1.29 is 28.8 Å². The standard InChI is InChI=1S/C26H32N2O6/c1-2-13-32-26(30)27-22-9-7-21(8-10-22)25-33-23(17-28-11-14-31-15-12-28)16-24(34-25)20-5-3-19(18-29)4-6-20/h2-10,23-25,29H,1,11-18H2,(H,27,30)/t23-,24+,25+/m0/s1. The zero-order chi connectivity index (χ0) is 23.8. The second-order valence-corrected chi connectivity index (χ2v) is 8.40. The van der Waals surface area contributed by atoms with Crippen LogP contribution < -0.4 is 5.32 Å². The van der Waals surface area contributed by atoms with Gasteiger partial charge < -0.3 is 24.1 Å². The number of morpholine rings is 1. The number of benzene rings is 2. The van der Waals surface area contributed by atoms with E-state index in [9.17, 15) is 9.90 Å². The lowest BCUT2D eigenvalue weighted by molar-refractivity contribution is -0.253. The number of ether oxygens (including phenoxy) is 4. The zero-order valence-corrected chi connectivity index (χ0v) is 19.2. The Morgan fingerprint density at radius 1 is 1.09 bits per heavy atom. The Kier molecular flexibility index (Phi) is 8.67. The van der Waals surface area contributed by atoms with Crippen molar-refractivity contribution in [3.8, 4) is 0 Å². The molecule has 2 saturated heterocycles. The summed E-state index contributed by atoms with van der Waals surface area (Å²) < 4.78 is 23.2. The number of carbonyl (C=O) groups excluding carboxylic acids is 1. The van der Waals surface area contributed by atoms with Gasteiger partial charge in [-0.1, -0.05) is 49.1 Å². The Morgan fingerprint density at radius 2 is 1.79 bits per heavy atom. The van der Waals surface area contributed by atoms with Crippen LogP contribution in [-0.4, -0.2) is 61.7 Å². The van der Waals surface area contributed by atoms with Gasteiger partial charge in [-0.25, -0.2) is 4.79 Å². The summed E-state index contributed by atoms with van der Waals surface area (Å²) in [5.41, 5.74) is 3.41. The molecule has 0 aromatic heterocycles. The lowest BCUT2D eigenvalue weighted by Gasteiger charge is -2.39. The smallest absolute Gasteiger partial charge is 0.411 e. The van der Waals surface area contributed by atoms with Crippen LogP contribution in [0.2, 0.25) is 0 Å². The van der Waals surface area contributed by atoms with Crippen LogP contribution in [0.4, 0.5) is 10.5 Å². The van der Waals surface area contributed by atoms with Crippen LogP contribution in [0.15, 0.2) is 61.2 Å². The number of nitrogens with zero attached hydrogens (tertiary/aromatic N) is 1. The van der Waals surface area contributed by atoms with Crippen LogP contribution in [0.25, 0.3) is 0 Å². The first-order valence-corrected chi connectivity index (χ1v) is 11.6.